The van der Waals surface area contributed by atoms with Crippen molar-refractivity contribution in [3.8, 4) is 0 Å². The van der Waals surface area contributed by atoms with E-state index in [4.69, 9.17) is 4.74 Å². The molecule has 1 aliphatic rings. The fraction of sp³-hybridized carbons (Fsp3) is 0.471. The van der Waals surface area contributed by atoms with Gasteiger partial charge < -0.3 is 9.30 Å². The minimum absolute atomic E-state index is 0.0817. The predicted molar refractivity (Wildman–Crippen MR) is 109 cm³/mol. The third kappa shape index (κ3) is 4.32. The second kappa shape index (κ2) is 8.36. The van der Waals surface area contributed by atoms with E-state index in [2.05, 4.69) is 4.99 Å². The number of amides is 1. The number of nitrogens with zero attached hydrogens (tertiary/aromatic N) is 3. The molecule has 0 saturated carbocycles. The van der Waals surface area contributed by atoms with E-state index in [-0.39, 0.29) is 6.54 Å². The third-order valence-electron chi connectivity index (χ3n) is 4.53. The topological polar surface area (TPSA) is 98.0 Å². The van der Waals surface area contributed by atoms with E-state index >= 15 is 0 Å². The first-order chi connectivity index (χ1) is 13.2. The van der Waals surface area contributed by atoms with Crippen LogP contribution in [-0.4, -0.2) is 61.4 Å². The summed E-state index contributed by atoms with van der Waals surface area (Å²) in [5, 5.41) is 0. The Morgan fingerprint density at radius 3 is 2.79 bits per heavy atom. The Balaban J connectivity index is 2.08. The van der Waals surface area contributed by atoms with Gasteiger partial charge in [-0.15, -0.1) is 11.8 Å². The number of carbonyl (C=O) groups is 2. The lowest BCUT2D eigenvalue weighted by atomic mass is 10.2. The first kappa shape index (κ1) is 21.0. The van der Waals surface area contributed by atoms with Crippen molar-refractivity contribution in [3.05, 3.63) is 23.0 Å². The Bertz CT molecular complexity index is 1090. The first-order valence-corrected chi connectivity index (χ1v) is 12.4. The maximum Gasteiger partial charge on any atom is 0.325 e. The average molecular weight is 444 g/mol. The number of aromatic nitrogens is 1. The van der Waals surface area contributed by atoms with Crippen LogP contribution in [0, 0.1) is 0 Å². The van der Waals surface area contributed by atoms with Crippen LogP contribution < -0.4 is 4.80 Å². The van der Waals surface area contributed by atoms with Crippen LogP contribution in [0.25, 0.3) is 10.2 Å². The third-order valence-corrected chi connectivity index (χ3v) is 7.58. The van der Waals surface area contributed by atoms with Crippen molar-refractivity contribution < 1.29 is 22.7 Å². The second-order valence-electron chi connectivity index (χ2n) is 6.36. The lowest BCUT2D eigenvalue weighted by molar-refractivity contribution is -0.141. The summed E-state index contributed by atoms with van der Waals surface area (Å²) in [6.45, 7) is 0.234. The SMILES string of the molecule is COC(=O)Cn1c(=NC(=O)C2CCCN2S(C)(=O)=O)sc2cc(SC)ccc21. The van der Waals surface area contributed by atoms with E-state index in [1.807, 2.05) is 24.5 Å². The summed E-state index contributed by atoms with van der Waals surface area (Å²) in [5.41, 5.74) is 0.770. The Morgan fingerprint density at radius 1 is 1.39 bits per heavy atom. The van der Waals surface area contributed by atoms with Crippen molar-refractivity contribution in [2.75, 3.05) is 26.2 Å². The molecule has 1 aliphatic heterocycles. The zero-order chi connectivity index (χ0) is 20.5. The highest BCUT2D eigenvalue weighted by Gasteiger charge is 2.36. The van der Waals surface area contributed by atoms with Gasteiger partial charge in [-0.25, -0.2) is 8.42 Å². The summed E-state index contributed by atoms with van der Waals surface area (Å²) in [5.74, 6) is -0.973. The minimum atomic E-state index is -3.48. The number of ether oxygens (including phenoxy) is 1. The van der Waals surface area contributed by atoms with Crippen molar-refractivity contribution in [2.24, 2.45) is 4.99 Å². The summed E-state index contributed by atoms with van der Waals surface area (Å²) in [6.07, 6.45) is 4.12. The van der Waals surface area contributed by atoms with E-state index in [0.717, 1.165) is 21.4 Å². The minimum Gasteiger partial charge on any atom is -0.468 e. The molecule has 28 heavy (non-hydrogen) atoms. The lowest BCUT2D eigenvalue weighted by Crippen LogP contribution is -2.40. The smallest absolute Gasteiger partial charge is 0.325 e. The van der Waals surface area contributed by atoms with Crippen LogP contribution in [0.4, 0.5) is 0 Å². The van der Waals surface area contributed by atoms with Crippen LogP contribution in [0.3, 0.4) is 0 Å². The molecule has 0 spiro atoms. The second-order valence-corrected chi connectivity index (χ2v) is 10.2. The normalized spacial score (nSPS) is 18.7. The Labute approximate surface area is 171 Å². The number of thiazole rings is 1. The fourth-order valence-corrected chi connectivity index (χ4v) is 5.87. The van der Waals surface area contributed by atoms with Crippen LogP contribution in [0.1, 0.15) is 12.8 Å². The Morgan fingerprint density at radius 2 is 2.14 bits per heavy atom. The number of thioether (sulfide) groups is 1. The van der Waals surface area contributed by atoms with Gasteiger partial charge in [-0.3, -0.25) is 9.59 Å². The van der Waals surface area contributed by atoms with Crippen LogP contribution in [0.5, 0.6) is 0 Å². The number of carbonyl (C=O) groups excluding carboxylic acids is 2. The molecule has 1 aromatic heterocycles. The van der Waals surface area contributed by atoms with Gasteiger partial charge in [-0.1, -0.05) is 11.3 Å². The van der Waals surface area contributed by atoms with E-state index in [9.17, 15) is 18.0 Å². The van der Waals surface area contributed by atoms with Crippen molar-refractivity contribution in [2.45, 2.75) is 30.3 Å². The van der Waals surface area contributed by atoms with Gasteiger partial charge in [-0.2, -0.15) is 9.30 Å². The summed E-state index contributed by atoms with van der Waals surface area (Å²) >= 11 is 2.88. The van der Waals surface area contributed by atoms with Gasteiger partial charge in [-0.05, 0) is 37.3 Å². The molecule has 0 N–H and O–H groups in total. The Kier molecular flexibility index (Phi) is 6.28. The van der Waals surface area contributed by atoms with Gasteiger partial charge in [0.1, 0.15) is 12.6 Å². The number of sulfonamides is 1. The monoisotopic (exact) mass is 443 g/mol. The molecule has 8 nitrogen and oxygen atoms in total. The number of fused-ring (bicyclic) bond motifs is 1. The summed E-state index contributed by atoms with van der Waals surface area (Å²) < 4.78 is 32.3. The zero-order valence-corrected chi connectivity index (χ0v) is 18.2. The van der Waals surface area contributed by atoms with Crippen LogP contribution in [0.2, 0.25) is 0 Å². The van der Waals surface area contributed by atoms with Crippen molar-refractivity contribution in [1.82, 2.24) is 8.87 Å². The number of esters is 1. The maximum atomic E-state index is 12.8. The standard InChI is InChI=1S/C17H21N3O5S3/c1-25-15(21)10-19-12-7-6-11(26-2)9-14(12)27-17(19)18-16(22)13-5-4-8-20(13)28(3,23)24/h6-7,9,13H,4-5,8,10H2,1-3H3. The van der Waals surface area contributed by atoms with Gasteiger partial charge in [0.2, 0.25) is 10.0 Å². The highest BCUT2D eigenvalue weighted by molar-refractivity contribution is 7.98. The van der Waals surface area contributed by atoms with Crippen LogP contribution in [0.15, 0.2) is 28.1 Å². The first-order valence-electron chi connectivity index (χ1n) is 8.54. The van der Waals surface area contributed by atoms with E-state index in [1.54, 1.807) is 16.3 Å². The summed E-state index contributed by atoms with van der Waals surface area (Å²) in [6, 6.07) is 4.98. The molecule has 11 heteroatoms. The molecule has 2 aromatic rings. The van der Waals surface area contributed by atoms with Gasteiger partial charge in [0.25, 0.3) is 5.91 Å². The number of hydrogen-bond donors (Lipinski definition) is 0. The molecule has 0 bridgehead atoms. The molecule has 1 fully saturated rings. The van der Waals surface area contributed by atoms with Gasteiger partial charge in [0.15, 0.2) is 4.80 Å². The molecule has 1 unspecified atom stereocenters. The van der Waals surface area contributed by atoms with Gasteiger partial charge >= 0.3 is 5.97 Å². The highest BCUT2D eigenvalue weighted by atomic mass is 32.2. The fourth-order valence-electron chi connectivity index (χ4n) is 3.16. The van der Waals surface area contributed by atoms with E-state index in [0.29, 0.717) is 24.2 Å². The molecule has 152 valence electrons. The average Bonchev–Trinajstić information content (AvgIpc) is 3.26. The predicted octanol–water partition coefficient (Wildman–Crippen LogP) is 1.45. The molecule has 1 saturated heterocycles. The number of methoxy groups -OCH3 is 1. The quantitative estimate of drug-likeness (QED) is 0.512. The molecule has 0 radical (unpaired) electrons. The molecule has 1 aromatic carbocycles. The highest BCUT2D eigenvalue weighted by Crippen LogP contribution is 2.25. The molecule has 3 rings (SSSR count). The van der Waals surface area contributed by atoms with E-state index in [1.165, 1.54) is 22.8 Å². The number of rotatable bonds is 5. The molecule has 1 amide bonds. The zero-order valence-electron chi connectivity index (χ0n) is 15.7. The summed E-state index contributed by atoms with van der Waals surface area (Å²) in [4.78, 5) is 30.3. The largest absolute Gasteiger partial charge is 0.468 e. The molecule has 2 heterocycles. The van der Waals surface area contributed by atoms with Crippen LogP contribution in [-0.2, 0) is 30.9 Å². The molecular formula is C17H21N3O5S3. The molecule has 1 atom stereocenters. The summed E-state index contributed by atoms with van der Waals surface area (Å²) in [7, 11) is -2.18. The van der Waals surface area contributed by atoms with Crippen molar-refractivity contribution >= 4 is 55.2 Å². The van der Waals surface area contributed by atoms with Gasteiger partial charge in [0.05, 0.1) is 23.6 Å². The molecule has 0 aliphatic carbocycles. The van der Waals surface area contributed by atoms with Crippen LogP contribution >= 0.6 is 23.1 Å². The number of benzene rings is 1. The lowest BCUT2D eigenvalue weighted by Gasteiger charge is -2.18. The number of hydrogen-bond acceptors (Lipinski definition) is 7. The van der Waals surface area contributed by atoms with Gasteiger partial charge in [0, 0.05) is 11.4 Å². The van der Waals surface area contributed by atoms with Crippen molar-refractivity contribution in [1.29, 1.82) is 0 Å². The Hall–Kier alpha value is -1.69. The molecular weight excluding hydrogens is 422 g/mol. The van der Waals surface area contributed by atoms with E-state index < -0.39 is 27.9 Å². The maximum absolute atomic E-state index is 12.8. The van der Waals surface area contributed by atoms with Crippen molar-refractivity contribution in [3.63, 3.8) is 0 Å².